The lowest BCUT2D eigenvalue weighted by molar-refractivity contribution is -0.128. The molecule has 1 amide bonds. The molecule has 1 heterocycles. The minimum absolute atomic E-state index is 0.0410. The van der Waals surface area contributed by atoms with Gasteiger partial charge in [-0.3, -0.25) is 4.79 Å². The van der Waals surface area contributed by atoms with Gasteiger partial charge in [0, 0.05) is 52.1 Å². The summed E-state index contributed by atoms with van der Waals surface area (Å²) < 4.78 is 12.1. The number of nitrogens with zero attached hydrogens (tertiary/aromatic N) is 4. The molecule has 0 saturated carbocycles. The lowest BCUT2D eigenvalue weighted by atomic mass is 9.81. The fourth-order valence-electron chi connectivity index (χ4n) is 4.57. The number of halogens is 2. The number of hydrogen-bond donors (Lipinski definition) is 2. The first kappa shape index (κ1) is 30.0. The van der Waals surface area contributed by atoms with Crippen molar-refractivity contribution in [1.29, 1.82) is 0 Å². The number of benzene rings is 3. The Bertz CT molecular complexity index is 1470. The molecule has 0 unspecified atom stereocenters. The quantitative estimate of drug-likeness (QED) is 0.0784. The van der Waals surface area contributed by atoms with Crippen LogP contribution in [0.3, 0.4) is 0 Å². The Balaban J connectivity index is 1.84. The molecule has 2 N–H and O–H groups in total. The maximum atomic E-state index is 14.1. The molecule has 0 saturated heterocycles. The van der Waals surface area contributed by atoms with Gasteiger partial charge in [0.15, 0.2) is 11.6 Å². The van der Waals surface area contributed by atoms with E-state index < -0.39 is 11.6 Å². The zero-order valence-electron chi connectivity index (χ0n) is 22.2. The van der Waals surface area contributed by atoms with Crippen LogP contribution in [0.5, 0.6) is 5.75 Å². The average molecular weight is 594 g/mol. The van der Waals surface area contributed by atoms with E-state index in [4.69, 9.17) is 48.3 Å². The average Bonchev–Trinajstić information content (AvgIpc) is 3.36. The first-order valence-corrected chi connectivity index (χ1v) is 13.7. The molecule has 0 fully saturated rings. The third-order valence-electron chi connectivity index (χ3n) is 6.56. The third-order valence-corrected chi connectivity index (χ3v) is 7.13. The van der Waals surface area contributed by atoms with Crippen LogP contribution in [-0.4, -0.2) is 42.2 Å². The predicted molar refractivity (Wildman–Crippen MR) is 159 cm³/mol. The second kappa shape index (κ2) is 14.1. The van der Waals surface area contributed by atoms with Crippen molar-refractivity contribution < 1.29 is 19.4 Å². The largest absolute Gasteiger partial charge is 0.494 e. The van der Waals surface area contributed by atoms with Gasteiger partial charge in [-0.05, 0) is 53.1 Å². The van der Waals surface area contributed by atoms with Gasteiger partial charge in [-0.15, -0.1) is 6.58 Å². The number of aliphatic imine (C=N–C) groups is 1. The van der Waals surface area contributed by atoms with Crippen LogP contribution in [0.2, 0.25) is 10.0 Å². The van der Waals surface area contributed by atoms with Crippen molar-refractivity contribution in [3.63, 3.8) is 0 Å². The van der Waals surface area contributed by atoms with Gasteiger partial charge in [-0.2, -0.15) is 0 Å². The molecule has 4 rings (SSSR count). The molecule has 9 nitrogen and oxygen atoms in total. The standard InChI is InChI=1S/C30H29Cl2N5O4/c1-2-14-34-29(39)30(18-21-6-3-4-7-22(21)19-35-37-33)27(25-13-10-23(31)17-26(25)32)41-28(36-30)20-8-11-24(12-9-20)40-16-5-15-38/h2-4,6-13,17,27,38H,1,5,14-16,18-19H2,(H,34,39)/t27-,30-/m1/s1. The molecule has 0 aliphatic carbocycles. The summed E-state index contributed by atoms with van der Waals surface area (Å²) in [6, 6.07) is 19.6. The molecule has 1 aliphatic rings. The highest BCUT2D eigenvalue weighted by Gasteiger charge is 2.54. The minimum atomic E-state index is -1.49. The van der Waals surface area contributed by atoms with Crippen LogP contribution >= 0.6 is 23.2 Å². The number of nitrogens with one attached hydrogen (secondary N) is 1. The molecular weight excluding hydrogens is 565 g/mol. The fourth-order valence-corrected chi connectivity index (χ4v) is 5.08. The van der Waals surface area contributed by atoms with Crippen molar-refractivity contribution in [2.24, 2.45) is 10.1 Å². The molecule has 212 valence electrons. The van der Waals surface area contributed by atoms with Crippen LogP contribution in [0.1, 0.15) is 34.8 Å². The molecule has 1 aliphatic heterocycles. The van der Waals surface area contributed by atoms with E-state index in [0.717, 1.165) is 11.1 Å². The van der Waals surface area contributed by atoms with E-state index in [-0.39, 0.29) is 37.9 Å². The molecule has 3 aromatic rings. The number of aliphatic hydroxyl groups excluding tert-OH is 1. The Morgan fingerprint density at radius 2 is 1.95 bits per heavy atom. The maximum Gasteiger partial charge on any atom is 0.252 e. The first-order valence-electron chi connectivity index (χ1n) is 12.9. The summed E-state index contributed by atoms with van der Waals surface area (Å²) in [6.07, 6.45) is 1.31. The second-order valence-electron chi connectivity index (χ2n) is 9.29. The number of aliphatic hydroxyl groups is 1. The van der Waals surface area contributed by atoms with E-state index in [1.54, 1.807) is 48.5 Å². The van der Waals surface area contributed by atoms with E-state index in [1.807, 2.05) is 24.3 Å². The molecular formula is C30H29Cl2N5O4. The number of azide groups is 1. The monoisotopic (exact) mass is 593 g/mol. The van der Waals surface area contributed by atoms with Crippen LogP contribution < -0.4 is 10.1 Å². The van der Waals surface area contributed by atoms with Crippen molar-refractivity contribution >= 4 is 35.0 Å². The van der Waals surface area contributed by atoms with Crippen LogP contribution in [0.4, 0.5) is 0 Å². The lowest BCUT2D eigenvalue weighted by Gasteiger charge is -2.31. The Morgan fingerprint density at radius 1 is 1.20 bits per heavy atom. The smallest absolute Gasteiger partial charge is 0.252 e. The van der Waals surface area contributed by atoms with Crippen LogP contribution in [-0.2, 0) is 22.5 Å². The van der Waals surface area contributed by atoms with Crippen LogP contribution in [0.25, 0.3) is 10.4 Å². The van der Waals surface area contributed by atoms with Crippen LogP contribution in [0.15, 0.2) is 89.5 Å². The molecule has 3 aromatic carbocycles. The molecule has 0 bridgehead atoms. The Morgan fingerprint density at radius 3 is 2.63 bits per heavy atom. The van der Waals surface area contributed by atoms with Gasteiger partial charge in [0.1, 0.15) is 5.75 Å². The van der Waals surface area contributed by atoms with E-state index >= 15 is 0 Å². The summed E-state index contributed by atoms with van der Waals surface area (Å²) >= 11 is 12.9. The Kier molecular flexibility index (Phi) is 10.3. The lowest BCUT2D eigenvalue weighted by Crippen LogP contribution is -2.50. The van der Waals surface area contributed by atoms with Crippen molar-refractivity contribution in [3.8, 4) is 5.75 Å². The van der Waals surface area contributed by atoms with Crippen molar-refractivity contribution in [1.82, 2.24) is 5.32 Å². The molecule has 2 atom stereocenters. The Hall–Kier alpha value is -4.01. The summed E-state index contributed by atoms with van der Waals surface area (Å²) in [5.74, 6) is 0.496. The van der Waals surface area contributed by atoms with Gasteiger partial charge < -0.3 is 19.9 Å². The van der Waals surface area contributed by atoms with E-state index in [0.29, 0.717) is 39.9 Å². The number of hydrogen-bond acceptors (Lipinski definition) is 6. The summed E-state index contributed by atoms with van der Waals surface area (Å²) in [6.45, 7) is 4.47. The number of rotatable bonds is 13. The number of amides is 1. The minimum Gasteiger partial charge on any atom is -0.494 e. The van der Waals surface area contributed by atoms with Crippen molar-refractivity contribution in [3.05, 3.63) is 122 Å². The zero-order valence-corrected chi connectivity index (χ0v) is 23.7. The maximum absolute atomic E-state index is 14.1. The fraction of sp³-hybridized carbons (Fsp3) is 0.267. The molecule has 11 heteroatoms. The highest BCUT2D eigenvalue weighted by molar-refractivity contribution is 6.35. The highest BCUT2D eigenvalue weighted by atomic mass is 35.5. The topological polar surface area (TPSA) is 129 Å². The number of ether oxygens (including phenoxy) is 2. The molecule has 41 heavy (non-hydrogen) atoms. The normalized spacial score (nSPS) is 17.6. The molecule has 0 radical (unpaired) electrons. The van der Waals surface area contributed by atoms with E-state index in [2.05, 4.69) is 21.9 Å². The van der Waals surface area contributed by atoms with Gasteiger partial charge in [0.05, 0.1) is 13.2 Å². The number of carbonyl (C=O) groups is 1. The van der Waals surface area contributed by atoms with Crippen molar-refractivity contribution in [2.75, 3.05) is 19.8 Å². The first-order chi connectivity index (χ1) is 19.9. The summed E-state index contributed by atoms with van der Waals surface area (Å²) in [5.41, 5.74) is 10.1. The van der Waals surface area contributed by atoms with E-state index in [9.17, 15) is 4.79 Å². The Labute approximate surface area is 248 Å². The second-order valence-corrected chi connectivity index (χ2v) is 10.1. The molecule has 0 spiro atoms. The van der Waals surface area contributed by atoms with Gasteiger partial charge in [0.25, 0.3) is 5.91 Å². The van der Waals surface area contributed by atoms with Crippen LogP contribution in [0, 0.1) is 0 Å². The van der Waals surface area contributed by atoms with Gasteiger partial charge >= 0.3 is 0 Å². The highest BCUT2D eigenvalue weighted by Crippen LogP contribution is 2.45. The van der Waals surface area contributed by atoms with Gasteiger partial charge in [-0.25, -0.2) is 4.99 Å². The zero-order chi connectivity index (χ0) is 29.2. The SMILES string of the molecule is C=CCNC(=O)[C@]1(Cc2ccccc2CN=[N+]=[N-])N=C(c2ccc(OCCCO)cc2)O[C@@H]1c1ccc(Cl)cc1Cl. The summed E-state index contributed by atoms with van der Waals surface area (Å²) in [5, 5.41) is 16.4. The summed E-state index contributed by atoms with van der Waals surface area (Å²) in [7, 11) is 0. The third kappa shape index (κ3) is 7.01. The molecule has 0 aromatic heterocycles. The van der Waals surface area contributed by atoms with Gasteiger partial charge in [-0.1, -0.05) is 64.7 Å². The van der Waals surface area contributed by atoms with E-state index in [1.165, 1.54) is 0 Å². The summed E-state index contributed by atoms with van der Waals surface area (Å²) in [4.78, 5) is 21.9. The van der Waals surface area contributed by atoms with Gasteiger partial charge in [0.2, 0.25) is 5.90 Å². The van der Waals surface area contributed by atoms with Crippen molar-refractivity contribution in [2.45, 2.75) is 31.0 Å². The predicted octanol–water partition coefficient (Wildman–Crippen LogP) is 6.37. The number of carbonyl (C=O) groups excluding carboxylic acids is 1.